The number of benzene rings is 1. The van der Waals surface area contributed by atoms with Crippen LogP contribution in [0.15, 0.2) is 30.3 Å². The van der Waals surface area contributed by atoms with Crippen molar-refractivity contribution in [2.45, 2.75) is 32.6 Å². The van der Waals surface area contributed by atoms with Gasteiger partial charge in [-0.05, 0) is 42.2 Å². The van der Waals surface area contributed by atoms with Crippen LogP contribution in [0.3, 0.4) is 0 Å². The van der Waals surface area contributed by atoms with Crippen LogP contribution in [-0.2, 0) is 5.88 Å². The van der Waals surface area contributed by atoms with E-state index >= 15 is 0 Å². The summed E-state index contributed by atoms with van der Waals surface area (Å²) < 4.78 is 19.3. The van der Waals surface area contributed by atoms with Crippen LogP contribution in [0.25, 0.3) is 0 Å². The Labute approximate surface area is 123 Å². The highest BCUT2D eigenvalue weighted by molar-refractivity contribution is 6.17. The number of alkyl halides is 1. The van der Waals surface area contributed by atoms with Crippen molar-refractivity contribution in [3.8, 4) is 11.6 Å². The number of ether oxygens (including phenoxy) is 1. The molecular formula is C16H17ClFNO. The molecule has 0 N–H and O–H groups in total. The maximum Gasteiger partial charge on any atom is 0.219 e. The topological polar surface area (TPSA) is 22.1 Å². The van der Waals surface area contributed by atoms with E-state index < -0.39 is 5.82 Å². The van der Waals surface area contributed by atoms with Gasteiger partial charge in [-0.3, -0.25) is 0 Å². The predicted octanol–water partition coefficient (Wildman–Crippen LogP) is 5.18. The molecule has 0 aliphatic rings. The molecule has 0 aliphatic carbocycles. The van der Waals surface area contributed by atoms with Crippen molar-refractivity contribution in [3.05, 3.63) is 53.0 Å². The number of hydrogen-bond acceptors (Lipinski definition) is 2. The molecule has 0 unspecified atom stereocenters. The van der Waals surface area contributed by atoms with Crippen molar-refractivity contribution in [3.63, 3.8) is 0 Å². The summed E-state index contributed by atoms with van der Waals surface area (Å²) in [5.74, 6) is 0.771. The van der Waals surface area contributed by atoms with Crippen LogP contribution in [0.2, 0.25) is 0 Å². The van der Waals surface area contributed by atoms with Gasteiger partial charge in [0.15, 0.2) is 11.6 Å². The summed E-state index contributed by atoms with van der Waals surface area (Å²) in [4.78, 5) is 4.40. The van der Waals surface area contributed by atoms with E-state index in [9.17, 15) is 4.39 Å². The summed E-state index contributed by atoms with van der Waals surface area (Å²) >= 11 is 5.88. The van der Waals surface area contributed by atoms with Crippen LogP contribution in [0.5, 0.6) is 11.6 Å². The Hall–Kier alpha value is -1.61. The molecule has 1 heterocycles. The van der Waals surface area contributed by atoms with E-state index in [4.69, 9.17) is 16.3 Å². The van der Waals surface area contributed by atoms with Gasteiger partial charge >= 0.3 is 0 Å². The standard InChI is InChI=1S/C16H17ClFNO/c1-10(2)14-7-12(9-17)8-16(19-14)20-15-6-11(3)4-5-13(15)18/h4-8,10H,9H2,1-3H3. The fourth-order valence-corrected chi connectivity index (χ4v) is 1.96. The van der Waals surface area contributed by atoms with Crippen molar-refractivity contribution in [2.24, 2.45) is 0 Å². The lowest BCUT2D eigenvalue weighted by Gasteiger charge is -2.11. The van der Waals surface area contributed by atoms with E-state index in [0.29, 0.717) is 11.8 Å². The lowest BCUT2D eigenvalue weighted by molar-refractivity contribution is 0.424. The van der Waals surface area contributed by atoms with Gasteiger partial charge < -0.3 is 4.74 Å². The summed E-state index contributed by atoms with van der Waals surface area (Å²) in [6.45, 7) is 5.96. The highest BCUT2D eigenvalue weighted by Gasteiger charge is 2.10. The Balaban J connectivity index is 2.37. The summed E-state index contributed by atoms with van der Waals surface area (Å²) in [6.07, 6.45) is 0. The third-order valence-corrected chi connectivity index (χ3v) is 3.24. The maximum atomic E-state index is 13.7. The van der Waals surface area contributed by atoms with Crippen molar-refractivity contribution < 1.29 is 9.13 Å². The summed E-state index contributed by atoms with van der Waals surface area (Å²) in [6, 6.07) is 8.42. The Morgan fingerprint density at radius 2 is 2.00 bits per heavy atom. The highest BCUT2D eigenvalue weighted by atomic mass is 35.5. The smallest absolute Gasteiger partial charge is 0.219 e. The third-order valence-electron chi connectivity index (χ3n) is 2.93. The van der Waals surface area contributed by atoms with Gasteiger partial charge in [-0.2, -0.15) is 0 Å². The van der Waals surface area contributed by atoms with Crippen molar-refractivity contribution in [1.29, 1.82) is 0 Å². The van der Waals surface area contributed by atoms with E-state index in [-0.39, 0.29) is 11.7 Å². The first-order valence-corrected chi connectivity index (χ1v) is 7.04. The van der Waals surface area contributed by atoms with Gasteiger partial charge in [-0.15, -0.1) is 11.6 Å². The fraction of sp³-hybridized carbons (Fsp3) is 0.312. The van der Waals surface area contributed by atoms with E-state index in [2.05, 4.69) is 4.98 Å². The number of aromatic nitrogens is 1. The molecule has 2 rings (SSSR count). The SMILES string of the molecule is Cc1ccc(F)c(Oc2cc(CCl)cc(C(C)C)n2)c1. The quantitative estimate of drug-likeness (QED) is 0.724. The van der Waals surface area contributed by atoms with Crippen molar-refractivity contribution in [1.82, 2.24) is 4.98 Å². The van der Waals surface area contributed by atoms with Crippen LogP contribution >= 0.6 is 11.6 Å². The fourth-order valence-electron chi connectivity index (χ4n) is 1.81. The normalized spacial score (nSPS) is 10.9. The van der Waals surface area contributed by atoms with Crippen molar-refractivity contribution >= 4 is 11.6 Å². The zero-order valence-electron chi connectivity index (χ0n) is 11.8. The van der Waals surface area contributed by atoms with E-state index in [1.54, 1.807) is 18.2 Å². The average Bonchev–Trinajstić information content (AvgIpc) is 2.42. The summed E-state index contributed by atoms with van der Waals surface area (Å²) in [7, 11) is 0. The molecule has 1 aromatic carbocycles. The number of nitrogens with zero attached hydrogens (tertiary/aromatic N) is 1. The molecular weight excluding hydrogens is 277 g/mol. The first kappa shape index (κ1) is 14.8. The van der Waals surface area contributed by atoms with E-state index in [1.807, 2.05) is 26.8 Å². The lowest BCUT2D eigenvalue weighted by atomic mass is 10.1. The molecule has 0 fully saturated rings. The minimum Gasteiger partial charge on any atom is -0.436 e. The van der Waals surface area contributed by atoms with Crippen molar-refractivity contribution in [2.75, 3.05) is 0 Å². The number of halogens is 2. The highest BCUT2D eigenvalue weighted by Crippen LogP contribution is 2.27. The monoisotopic (exact) mass is 293 g/mol. The first-order chi connectivity index (χ1) is 9.49. The number of aryl methyl sites for hydroxylation is 1. The van der Waals surface area contributed by atoms with Gasteiger partial charge in [-0.1, -0.05) is 19.9 Å². The zero-order chi connectivity index (χ0) is 14.7. The molecule has 1 aromatic heterocycles. The molecule has 20 heavy (non-hydrogen) atoms. The molecule has 0 aliphatic heterocycles. The summed E-state index contributed by atoms with van der Waals surface area (Å²) in [5, 5.41) is 0. The maximum absolute atomic E-state index is 13.7. The third kappa shape index (κ3) is 3.48. The second-order valence-corrected chi connectivity index (χ2v) is 5.33. The molecule has 106 valence electrons. The van der Waals surface area contributed by atoms with Gasteiger partial charge in [0.05, 0.1) is 0 Å². The largest absolute Gasteiger partial charge is 0.436 e. The molecule has 0 radical (unpaired) electrons. The molecule has 0 atom stereocenters. The van der Waals surface area contributed by atoms with Gasteiger partial charge in [0.1, 0.15) is 0 Å². The minimum atomic E-state index is -0.403. The van der Waals surface area contributed by atoms with E-state index in [0.717, 1.165) is 16.8 Å². The second-order valence-electron chi connectivity index (χ2n) is 5.06. The van der Waals surface area contributed by atoms with Crippen LogP contribution in [0.4, 0.5) is 4.39 Å². The Morgan fingerprint density at radius 1 is 1.25 bits per heavy atom. The molecule has 4 heteroatoms. The molecule has 0 spiro atoms. The Bertz CT molecular complexity index is 613. The Kier molecular flexibility index (Phi) is 4.61. The number of rotatable bonds is 4. The predicted molar refractivity (Wildman–Crippen MR) is 79.1 cm³/mol. The van der Waals surface area contributed by atoms with Gasteiger partial charge in [0.25, 0.3) is 0 Å². The van der Waals surface area contributed by atoms with Gasteiger partial charge in [-0.25, -0.2) is 9.37 Å². The van der Waals surface area contributed by atoms with Gasteiger partial charge in [0.2, 0.25) is 5.88 Å². The molecule has 2 aromatic rings. The number of pyridine rings is 1. The Morgan fingerprint density at radius 3 is 2.65 bits per heavy atom. The minimum absolute atomic E-state index is 0.180. The van der Waals surface area contributed by atoms with Gasteiger partial charge in [0, 0.05) is 17.6 Å². The van der Waals surface area contributed by atoms with Crippen LogP contribution < -0.4 is 4.74 Å². The molecule has 2 nitrogen and oxygen atoms in total. The zero-order valence-corrected chi connectivity index (χ0v) is 12.5. The van der Waals surface area contributed by atoms with E-state index in [1.165, 1.54) is 6.07 Å². The lowest BCUT2D eigenvalue weighted by Crippen LogP contribution is -1.99. The van der Waals surface area contributed by atoms with Crippen LogP contribution in [-0.4, -0.2) is 4.98 Å². The molecule has 0 saturated carbocycles. The molecule has 0 amide bonds. The number of hydrogen-bond donors (Lipinski definition) is 0. The first-order valence-electron chi connectivity index (χ1n) is 6.50. The molecule has 0 saturated heterocycles. The van der Waals surface area contributed by atoms with Crippen LogP contribution in [0.1, 0.15) is 36.6 Å². The summed E-state index contributed by atoms with van der Waals surface area (Å²) in [5.41, 5.74) is 2.72. The average molecular weight is 294 g/mol. The molecule has 0 bridgehead atoms. The second kappa shape index (κ2) is 6.23. The van der Waals surface area contributed by atoms with Crippen LogP contribution in [0, 0.1) is 12.7 Å².